The molecular weight excluding hydrogens is 264 g/mol. The summed E-state index contributed by atoms with van der Waals surface area (Å²) in [5.41, 5.74) is 6.23. The Kier molecular flexibility index (Phi) is 5.37. The van der Waals surface area contributed by atoms with Crippen LogP contribution in [0.15, 0.2) is 30.3 Å². The van der Waals surface area contributed by atoms with E-state index in [4.69, 9.17) is 10.5 Å². The molecule has 0 saturated carbocycles. The first kappa shape index (κ1) is 16.0. The molecule has 0 amide bonds. The first-order chi connectivity index (χ1) is 10.1. The molecule has 1 aliphatic rings. The van der Waals surface area contributed by atoms with Crippen LogP contribution in [-0.4, -0.2) is 37.1 Å². The van der Waals surface area contributed by atoms with Gasteiger partial charge in [0.1, 0.15) is 0 Å². The van der Waals surface area contributed by atoms with Crippen molar-refractivity contribution >= 4 is 5.97 Å². The van der Waals surface area contributed by atoms with Gasteiger partial charge in [-0.05, 0) is 44.3 Å². The summed E-state index contributed by atoms with van der Waals surface area (Å²) in [5, 5.41) is 0. The molecule has 1 atom stereocenters. The van der Waals surface area contributed by atoms with E-state index in [0.717, 1.165) is 37.4 Å². The predicted molar refractivity (Wildman–Crippen MR) is 83.8 cm³/mol. The zero-order valence-corrected chi connectivity index (χ0v) is 13.0. The number of nitrogens with two attached hydrogens (primary N) is 1. The van der Waals surface area contributed by atoms with Crippen LogP contribution in [0, 0.1) is 5.92 Å². The molecule has 21 heavy (non-hydrogen) atoms. The molecule has 1 fully saturated rings. The summed E-state index contributed by atoms with van der Waals surface area (Å²) in [6.45, 7) is 6.93. The second-order valence-electron chi connectivity index (χ2n) is 6.02. The Morgan fingerprint density at radius 2 is 1.95 bits per heavy atom. The smallest absolute Gasteiger partial charge is 0.332 e. The number of benzene rings is 1. The van der Waals surface area contributed by atoms with Crippen molar-refractivity contribution in [1.29, 1.82) is 0 Å². The zero-order valence-electron chi connectivity index (χ0n) is 13.0. The fraction of sp³-hybridized carbons (Fsp3) is 0.588. The quantitative estimate of drug-likeness (QED) is 0.844. The molecule has 1 heterocycles. The molecule has 0 bridgehead atoms. The fourth-order valence-corrected chi connectivity index (χ4v) is 2.84. The number of esters is 1. The highest BCUT2D eigenvalue weighted by molar-refractivity contribution is 5.82. The second-order valence-corrected chi connectivity index (χ2v) is 6.02. The molecule has 4 heteroatoms. The largest absolute Gasteiger partial charge is 0.464 e. The molecule has 1 aromatic rings. The molecule has 116 valence electrons. The van der Waals surface area contributed by atoms with Crippen molar-refractivity contribution in [3.8, 4) is 0 Å². The number of nitrogens with zero attached hydrogens (tertiary/aromatic N) is 1. The van der Waals surface area contributed by atoms with Crippen LogP contribution < -0.4 is 5.73 Å². The van der Waals surface area contributed by atoms with Gasteiger partial charge in [-0.2, -0.15) is 0 Å². The van der Waals surface area contributed by atoms with Gasteiger partial charge >= 0.3 is 5.97 Å². The third-order valence-corrected chi connectivity index (χ3v) is 4.28. The first-order valence-corrected chi connectivity index (χ1v) is 7.80. The third-order valence-electron chi connectivity index (χ3n) is 4.28. The summed E-state index contributed by atoms with van der Waals surface area (Å²) in [4.78, 5) is 14.7. The maximum Gasteiger partial charge on any atom is 0.332 e. The molecule has 2 N–H and O–H groups in total. The van der Waals surface area contributed by atoms with Crippen molar-refractivity contribution in [3.63, 3.8) is 0 Å². The van der Waals surface area contributed by atoms with Gasteiger partial charge in [0.2, 0.25) is 0 Å². The average molecular weight is 290 g/mol. The van der Waals surface area contributed by atoms with Gasteiger partial charge in [-0.1, -0.05) is 37.3 Å². The monoisotopic (exact) mass is 290 g/mol. The molecule has 0 radical (unpaired) electrons. The highest BCUT2D eigenvalue weighted by Crippen LogP contribution is 2.24. The van der Waals surface area contributed by atoms with Gasteiger partial charge in [-0.15, -0.1) is 0 Å². The molecule has 1 unspecified atom stereocenters. The lowest BCUT2D eigenvalue weighted by atomic mass is 9.89. The van der Waals surface area contributed by atoms with Gasteiger partial charge in [0.15, 0.2) is 5.54 Å². The standard InChI is InChI=1S/C17H26N2O2/c1-3-21-16(20)17(18,15-7-5-4-6-8-15)13-19-11-9-14(2)10-12-19/h4-8,14H,3,9-13,18H2,1-2H3. The van der Waals surface area contributed by atoms with Crippen molar-refractivity contribution in [1.82, 2.24) is 4.90 Å². The number of carbonyl (C=O) groups is 1. The van der Waals surface area contributed by atoms with E-state index in [9.17, 15) is 4.79 Å². The Labute approximate surface area is 127 Å². The van der Waals surface area contributed by atoms with Crippen molar-refractivity contribution in [2.24, 2.45) is 11.7 Å². The molecule has 1 saturated heterocycles. The summed E-state index contributed by atoms with van der Waals surface area (Å²) in [6.07, 6.45) is 2.32. The normalized spacial score (nSPS) is 20.0. The third kappa shape index (κ3) is 3.83. The molecule has 0 aliphatic carbocycles. The van der Waals surface area contributed by atoms with Crippen LogP contribution >= 0.6 is 0 Å². The number of ether oxygens (including phenoxy) is 1. The Bertz CT molecular complexity index is 455. The van der Waals surface area contributed by atoms with E-state index in [1.54, 1.807) is 0 Å². The number of hydrogen-bond donors (Lipinski definition) is 1. The highest BCUT2D eigenvalue weighted by Gasteiger charge is 2.39. The zero-order chi connectivity index (χ0) is 15.3. The number of carbonyl (C=O) groups excluding carboxylic acids is 1. The van der Waals surface area contributed by atoms with Crippen LogP contribution in [0.2, 0.25) is 0 Å². The molecule has 4 nitrogen and oxygen atoms in total. The molecule has 1 aliphatic heterocycles. The second kappa shape index (κ2) is 7.05. The summed E-state index contributed by atoms with van der Waals surface area (Å²) in [5.74, 6) is 0.419. The Morgan fingerprint density at radius 1 is 1.33 bits per heavy atom. The number of hydrogen-bond acceptors (Lipinski definition) is 4. The first-order valence-electron chi connectivity index (χ1n) is 7.80. The molecule has 1 aromatic carbocycles. The fourth-order valence-electron chi connectivity index (χ4n) is 2.84. The highest BCUT2D eigenvalue weighted by atomic mass is 16.5. The summed E-state index contributed by atoms with van der Waals surface area (Å²) in [7, 11) is 0. The predicted octanol–water partition coefficient (Wildman–Crippen LogP) is 2.14. The van der Waals surface area contributed by atoms with E-state index in [-0.39, 0.29) is 5.97 Å². The summed E-state index contributed by atoms with van der Waals surface area (Å²) in [6, 6.07) is 9.56. The van der Waals surface area contributed by atoms with Crippen molar-refractivity contribution in [3.05, 3.63) is 35.9 Å². The molecule has 2 rings (SSSR count). The Hall–Kier alpha value is -1.39. The van der Waals surface area contributed by atoms with Gasteiger partial charge < -0.3 is 15.4 Å². The van der Waals surface area contributed by atoms with Gasteiger partial charge in [0, 0.05) is 6.54 Å². The summed E-state index contributed by atoms with van der Waals surface area (Å²) >= 11 is 0. The van der Waals surface area contributed by atoms with Crippen molar-refractivity contribution in [2.75, 3.05) is 26.2 Å². The van der Waals surface area contributed by atoms with Gasteiger partial charge in [0.05, 0.1) is 6.61 Å². The van der Waals surface area contributed by atoms with Crippen LogP contribution in [0.3, 0.4) is 0 Å². The lowest BCUT2D eigenvalue weighted by Crippen LogP contribution is -2.55. The number of likely N-dealkylation sites (tertiary alicyclic amines) is 1. The lowest BCUT2D eigenvalue weighted by Gasteiger charge is -2.37. The Morgan fingerprint density at radius 3 is 2.52 bits per heavy atom. The van der Waals surface area contributed by atoms with Gasteiger partial charge in [-0.25, -0.2) is 4.79 Å². The Balaban J connectivity index is 2.18. The van der Waals surface area contributed by atoms with Crippen LogP contribution in [-0.2, 0) is 15.1 Å². The molecular formula is C17H26N2O2. The minimum atomic E-state index is -1.09. The van der Waals surface area contributed by atoms with Crippen LogP contribution in [0.25, 0.3) is 0 Å². The maximum absolute atomic E-state index is 12.4. The van der Waals surface area contributed by atoms with Crippen molar-refractivity contribution in [2.45, 2.75) is 32.2 Å². The van der Waals surface area contributed by atoms with Crippen LogP contribution in [0.5, 0.6) is 0 Å². The van der Waals surface area contributed by atoms with Crippen LogP contribution in [0.1, 0.15) is 32.3 Å². The SMILES string of the molecule is CCOC(=O)C(N)(CN1CCC(C)CC1)c1ccccc1. The summed E-state index contributed by atoms with van der Waals surface area (Å²) < 4.78 is 5.23. The molecule has 0 aromatic heterocycles. The topological polar surface area (TPSA) is 55.6 Å². The minimum Gasteiger partial charge on any atom is -0.464 e. The average Bonchev–Trinajstić information content (AvgIpc) is 2.50. The van der Waals surface area contributed by atoms with E-state index in [1.807, 2.05) is 37.3 Å². The van der Waals surface area contributed by atoms with E-state index in [0.29, 0.717) is 13.2 Å². The van der Waals surface area contributed by atoms with E-state index < -0.39 is 5.54 Å². The van der Waals surface area contributed by atoms with Crippen molar-refractivity contribution < 1.29 is 9.53 Å². The molecule has 0 spiro atoms. The van der Waals surface area contributed by atoms with Gasteiger partial charge in [-0.3, -0.25) is 0 Å². The van der Waals surface area contributed by atoms with E-state index in [1.165, 1.54) is 0 Å². The van der Waals surface area contributed by atoms with E-state index in [2.05, 4.69) is 11.8 Å². The van der Waals surface area contributed by atoms with E-state index >= 15 is 0 Å². The van der Waals surface area contributed by atoms with Crippen LogP contribution in [0.4, 0.5) is 0 Å². The van der Waals surface area contributed by atoms with Gasteiger partial charge in [0.25, 0.3) is 0 Å². The lowest BCUT2D eigenvalue weighted by molar-refractivity contribution is -0.151. The minimum absolute atomic E-state index is 0.338. The number of piperidine rings is 1. The maximum atomic E-state index is 12.4. The number of rotatable bonds is 5.